The maximum Gasteiger partial charge on any atom is 0.179 e. The van der Waals surface area contributed by atoms with Crippen molar-refractivity contribution in [3.05, 3.63) is 34.3 Å². The molecule has 4 nitrogen and oxygen atoms in total. The van der Waals surface area contributed by atoms with Gasteiger partial charge < -0.3 is 4.57 Å². The smallest absolute Gasteiger partial charge is 0.179 e. The molecule has 0 amide bonds. The lowest BCUT2D eigenvalue weighted by atomic mass is 10.3. The SMILES string of the molecule is CC(=O)c1nc(Cn2ccnc2)sc1C. The fourth-order valence-electron chi connectivity index (χ4n) is 1.38. The lowest BCUT2D eigenvalue weighted by molar-refractivity contribution is 0.101. The van der Waals surface area contributed by atoms with Gasteiger partial charge in [-0.15, -0.1) is 11.3 Å². The third kappa shape index (κ3) is 2.12. The molecule has 0 unspecified atom stereocenters. The quantitative estimate of drug-likeness (QED) is 0.744. The largest absolute Gasteiger partial charge is 0.331 e. The highest BCUT2D eigenvalue weighted by Crippen LogP contribution is 2.18. The van der Waals surface area contributed by atoms with Crippen LogP contribution in [0.3, 0.4) is 0 Å². The molecule has 0 aliphatic carbocycles. The van der Waals surface area contributed by atoms with Gasteiger partial charge in [0, 0.05) is 24.2 Å². The minimum atomic E-state index is 0.0284. The number of imidazole rings is 1. The Morgan fingerprint density at radius 2 is 2.40 bits per heavy atom. The third-order valence-electron chi connectivity index (χ3n) is 2.05. The van der Waals surface area contributed by atoms with Crippen molar-refractivity contribution < 1.29 is 4.79 Å². The molecule has 2 heterocycles. The van der Waals surface area contributed by atoms with Gasteiger partial charge in [0.05, 0.1) is 12.9 Å². The number of ketones is 1. The van der Waals surface area contributed by atoms with Crippen LogP contribution in [-0.2, 0) is 6.54 Å². The van der Waals surface area contributed by atoms with E-state index >= 15 is 0 Å². The van der Waals surface area contributed by atoms with Gasteiger partial charge in [0.25, 0.3) is 0 Å². The van der Waals surface area contributed by atoms with Crippen LogP contribution in [0.15, 0.2) is 18.7 Å². The van der Waals surface area contributed by atoms with Gasteiger partial charge >= 0.3 is 0 Å². The molecule has 78 valence electrons. The van der Waals surface area contributed by atoms with E-state index in [1.165, 1.54) is 0 Å². The molecular formula is C10H11N3OS. The fourth-order valence-corrected chi connectivity index (χ4v) is 2.37. The average Bonchev–Trinajstić information content (AvgIpc) is 2.75. The molecule has 0 saturated heterocycles. The van der Waals surface area contributed by atoms with E-state index in [0.717, 1.165) is 9.88 Å². The molecule has 2 rings (SSSR count). The summed E-state index contributed by atoms with van der Waals surface area (Å²) >= 11 is 1.56. The van der Waals surface area contributed by atoms with E-state index in [9.17, 15) is 4.79 Å². The number of nitrogens with zero attached hydrogens (tertiary/aromatic N) is 3. The minimum Gasteiger partial charge on any atom is -0.331 e. The van der Waals surface area contributed by atoms with Gasteiger partial charge in [-0.2, -0.15) is 0 Å². The molecule has 0 spiro atoms. The van der Waals surface area contributed by atoms with Crippen LogP contribution in [0.4, 0.5) is 0 Å². The van der Waals surface area contributed by atoms with E-state index in [1.807, 2.05) is 17.7 Å². The van der Waals surface area contributed by atoms with Crippen LogP contribution in [0, 0.1) is 6.92 Å². The maximum absolute atomic E-state index is 11.2. The molecule has 0 aliphatic rings. The standard InChI is InChI=1S/C10H11N3OS/c1-7(14)10-8(2)15-9(12-10)5-13-4-3-11-6-13/h3-4,6H,5H2,1-2H3. The van der Waals surface area contributed by atoms with Gasteiger partial charge in [-0.25, -0.2) is 9.97 Å². The summed E-state index contributed by atoms with van der Waals surface area (Å²) in [5.74, 6) is 0.0284. The van der Waals surface area contributed by atoms with Crippen LogP contribution in [0.1, 0.15) is 27.3 Å². The molecule has 0 N–H and O–H groups in total. The number of aromatic nitrogens is 3. The van der Waals surface area contributed by atoms with Crippen LogP contribution in [-0.4, -0.2) is 20.3 Å². The number of hydrogen-bond donors (Lipinski definition) is 0. The molecule has 0 atom stereocenters. The third-order valence-corrected chi connectivity index (χ3v) is 3.01. The molecule has 15 heavy (non-hydrogen) atoms. The molecular weight excluding hydrogens is 210 g/mol. The van der Waals surface area contributed by atoms with Gasteiger partial charge in [0.2, 0.25) is 0 Å². The Labute approximate surface area is 91.6 Å². The zero-order valence-corrected chi connectivity index (χ0v) is 9.41. The molecule has 2 aromatic rings. The van der Waals surface area contributed by atoms with Gasteiger partial charge in [-0.05, 0) is 6.92 Å². The zero-order valence-electron chi connectivity index (χ0n) is 8.60. The van der Waals surface area contributed by atoms with Crippen molar-refractivity contribution >= 4 is 17.1 Å². The van der Waals surface area contributed by atoms with Crippen molar-refractivity contribution in [1.82, 2.24) is 14.5 Å². The molecule has 0 bridgehead atoms. The highest BCUT2D eigenvalue weighted by Gasteiger charge is 2.11. The Hall–Kier alpha value is -1.49. The molecule has 0 radical (unpaired) electrons. The first kappa shape index (κ1) is 10.0. The van der Waals surface area contributed by atoms with Gasteiger partial charge in [0.1, 0.15) is 10.7 Å². The van der Waals surface area contributed by atoms with E-state index in [4.69, 9.17) is 0 Å². The van der Waals surface area contributed by atoms with Crippen molar-refractivity contribution in [2.24, 2.45) is 0 Å². The summed E-state index contributed by atoms with van der Waals surface area (Å²) in [6.07, 6.45) is 5.35. The van der Waals surface area contributed by atoms with E-state index < -0.39 is 0 Å². The number of Topliss-reactive ketones (excluding diaryl/α,β-unsaturated/α-hetero) is 1. The predicted octanol–water partition coefficient (Wildman–Crippen LogP) is 1.90. The average molecular weight is 221 g/mol. The molecule has 0 aliphatic heterocycles. The predicted molar refractivity (Wildman–Crippen MR) is 58.2 cm³/mol. The number of hydrogen-bond acceptors (Lipinski definition) is 4. The van der Waals surface area contributed by atoms with Crippen molar-refractivity contribution in [2.75, 3.05) is 0 Å². The van der Waals surface area contributed by atoms with Crippen molar-refractivity contribution in [3.8, 4) is 0 Å². The molecule has 2 aromatic heterocycles. The lowest BCUT2D eigenvalue weighted by Gasteiger charge is -1.95. The van der Waals surface area contributed by atoms with E-state index in [2.05, 4.69) is 9.97 Å². The number of carbonyl (C=O) groups excluding carboxylic acids is 1. The Morgan fingerprint density at radius 3 is 2.93 bits per heavy atom. The Kier molecular flexibility index (Phi) is 2.64. The van der Waals surface area contributed by atoms with Crippen LogP contribution in [0.2, 0.25) is 0 Å². The summed E-state index contributed by atoms with van der Waals surface area (Å²) in [5, 5.41) is 0.940. The first-order chi connectivity index (χ1) is 7.16. The molecule has 0 fully saturated rings. The number of aryl methyl sites for hydroxylation is 1. The van der Waals surface area contributed by atoms with Crippen molar-refractivity contribution in [3.63, 3.8) is 0 Å². The lowest BCUT2D eigenvalue weighted by Crippen LogP contribution is -1.98. The highest BCUT2D eigenvalue weighted by molar-refractivity contribution is 7.11. The first-order valence-corrected chi connectivity index (χ1v) is 5.41. The topological polar surface area (TPSA) is 47.8 Å². The van der Waals surface area contributed by atoms with Crippen molar-refractivity contribution in [2.45, 2.75) is 20.4 Å². The van der Waals surface area contributed by atoms with Gasteiger partial charge in [-0.1, -0.05) is 0 Å². The van der Waals surface area contributed by atoms with E-state index in [0.29, 0.717) is 12.2 Å². The molecule has 5 heteroatoms. The Bertz CT molecular complexity index is 473. The Balaban J connectivity index is 2.23. The van der Waals surface area contributed by atoms with Crippen LogP contribution >= 0.6 is 11.3 Å². The zero-order chi connectivity index (χ0) is 10.8. The summed E-state index contributed by atoms with van der Waals surface area (Å²) in [5.41, 5.74) is 0.593. The monoisotopic (exact) mass is 221 g/mol. The number of thiazole rings is 1. The summed E-state index contributed by atoms with van der Waals surface area (Å²) < 4.78 is 1.93. The maximum atomic E-state index is 11.2. The summed E-state index contributed by atoms with van der Waals surface area (Å²) in [4.78, 5) is 20.5. The summed E-state index contributed by atoms with van der Waals surface area (Å²) in [6, 6.07) is 0. The number of rotatable bonds is 3. The Morgan fingerprint density at radius 1 is 1.60 bits per heavy atom. The van der Waals surface area contributed by atoms with E-state index in [-0.39, 0.29) is 5.78 Å². The first-order valence-electron chi connectivity index (χ1n) is 4.60. The summed E-state index contributed by atoms with van der Waals surface area (Å²) in [6.45, 7) is 4.15. The van der Waals surface area contributed by atoms with Crippen LogP contribution in [0.5, 0.6) is 0 Å². The van der Waals surface area contributed by atoms with E-state index in [1.54, 1.807) is 30.8 Å². The van der Waals surface area contributed by atoms with Gasteiger partial charge in [-0.3, -0.25) is 4.79 Å². The van der Waals surface area contributed by atoms with Gasteiger partial charge in [0.15, 0.2) is 5.78 Å². The number of carbonyl (C=O) groups is 1. The second-order valence-corrected chi connectivity index (χ2v) is 4.59. The summed E-state index contributed by atoms with van der Waals surface area (Å²) in [7, 11) is 0. The second-order valence-electron chi connectivity index (χ2n) is 3.30. The second kappa shape index (κ2) is 3.94. The molecule has 0 aromatic carbocycles. The van der Waals surface area contributed by atoms with Crippen LogP contribution < -0.4 is 0 Å². The van der Waals surface area contributed by atoms with Crippen molar-refractivity contribution in [1.29, 1.82) is 0 Å². The fraction of sp³-hybridized carbons (Fsp3) is 0.300. The normalized spacial score (nSPS) is 10.5. The minimum absolute atomic E-state index is 0.0284. The molecule has 0 saturated carbocycles. The highest BCUT2D eigenvalue weighted by atomic mass is 32.1. The van der Waals surface area contributed by atoms with Crippen LogP contribution in [0.25, 0.3) is 0 Å².